The summed E-state index contributed by atoms with van der Waals surface area (Å²) in [6, 6.07) is 6.70. The maximum Gasteiger partial charge on any atom is 0.417 e. The molecule has 0 spiro atoms. The lowest BCUT2D eigenvalue weighted by molar-refractivity contribution is -0.137. The van der Waals surface area contributed by atoms with Crippen LogP contribution in [0.2, 0.25) is 0 Å². The first-order valence-electron chi connectivity index (χ1n) is 5.06. The zero-order valence-electron chi connectivity index (χ0n) is 9.35. The van der Waals surface area contributed by atoms with Crippen molar-refractivity contribution in [3.05, 3.63) is 47.9 Å². The number of nitrogens with zero attached hydrogens (tertiary/aromatic N) is 3. The van der Waals surface area contributed by atoms with E-state index < -0.39 is 11.7 Å². The Balaban J connectivity index is 2.37. The summed E-state index contributed by atoms with van der Waals surface area (Å²) in [6.07, 6.45) is -1.73. The molecule has 19 heavy (non-hydrogen) atoms. The fourth-order valence-corrected chi connectivity index (χ4v) is 2.16. The monoisotopic (exact) mass is 281 g/mol. The van der Waals surface area contributed by atoms with E-state index in [1.54, 1.807) is 6.07 Å². The molecule has 0 radical (unpaired) electrons. The predicted octanol–water partition coefficient (Wildman–Crippen LogP) is 3.52. The van der Waals surface area contributed by atoms with Crippen LogP contribution in [0.4, 0.5) is 13.2 Å². The van der Waals surface area contributed by atoms with E-state index in [1.165, 1.54) is 24.7 Å². The predicted molar refractivity (Wildman–Crippen MR) is 62.3 cm³/mol. The zero-order chi connectivity index (χ0) is 13.9. The van der Waals surface area contributed by atoms with Gasteiger partial charge in [-0.05, 0) is 24.3 Å². The number of rotatable bonds is 2. The van der Waals surface area contributed by atoms with Gasteiger partial charge in [-0.2, -0.15) is 18.4 Å². The summed E-state index contributed by atoms with van der Waals surface area (Å²) < 4.78 is 38.3. The third kappa shape index (κ3) is 3.23. The van der Waals surface area contributed by atoms with E-state index in [1.807, 2.05) is 0 Å². The van der Waals surface area contributed by atoms with Crippen LogP contribution in [0.3, 0.4) is 0 Å². The van der Waals surface area contributed by atoms with Gasteiger partial charge in [0, 0.05) is 11.1 Å². The lowest BCUT2D eigenvalue weighted by Crippen LogP contribution is -2.07. The van der Waals surface area contributed by atoms with Gasteiger partial charge in [-0.3, -0.25) is 0 Å². The van der Waals surface area contributed by atoms with E-state index in [4.69, 9.17) is 5.26 Å². The van der Waals surface area contributed by atoms with Crippen molar-refractivity contribution in [1.29, 1.82) is 5.26 Å². The summed E-state index contributed by atoms with van der Waals surface area (Å²) in [4.78, 5) is 8.00. The number of halogens is 3. The maximum atomic E-state index is 12.8. The van der Waals surface area contributed by atoms with E-state index in [2.05, 4.69) is 9.97 Å². The molecule has 1 aromatic carbocycles. The Bertz CT molecular complexity index is 620. The highest BCUT2D eigenvalue weighted by Gasteiger charge is 2.33. The van der Waals surface area contributed by atoms with Crippen LogP contribution in [0.25, 0.3) is 0 Å². The Morgan fingerprint density at radius 2 is 2.00 bits per heavy atom. The lowest BCUT2D eigenvalue weighted by atomic mass is 10.1. The van der Waals surface area contributed by atoms with E-state index in [9.17, 15) is 13.2 Å². The molecule has 0 aliphatic carbocycles. The highest BCUT2D eigenvalue weighted by Crippen LogP contribution is 2.35. The van der Waals surface area contributed by atoms with Crippen molar-refractivity contribution < 1.29 is 13.2 Å². The molecule has 0 saturated carbocycles. The van der Waals surface area contributed by atoms with Gasteiger partial charge in [-0.25, -0.2) is 9.97 Å². The van der Waals surface area contributed by atoms with Gasteiger partial charge in [0.05, 0.1) is 17.2 Å². The quantitative estimate of drug-likeness (QED) is 0.790. The summed E-state index contributed by atoms with van der Waals surface area (Å²) in [5.41, 5.74) is -1.33. The topological polar surface area (TPSA) is 49.6 Å². The molecule has 0 bridgehead atoms. The molecule has 96 valence electrons. The minimum absolute atomic E-state index is 0.366. The van der Waals surface area contributed by atoms with Gasteiger partial charge in [0.15, 0.2) is 0 Å². The minimum Gasteiger partial charge on any atom is -0.245 e. The van der Waals surface area contributed by atoms with Crippen LogP contribution in [0.15, 0.2) is 46.7 Å². The largest absolute Gasteiger partial charge is 0.417 e. The fourth-order valence-electron chi connectivity index (χ4n) is 1.38. The molecule has 1 aromatic heterocycles. The van der Waals surface area contributed by atoms with Crippen LogP contribution in [0.5, 0.6) is 0 Å². The molecule has 3 nitrogen and oxygen atoms in total. The Morgan fingerprint density at radius 3 is 2.58 bits per heavy atom. The molecule has 0 amide bonds. The van der Waals surface area contributed by atoms with Crippen LogP contribution in [-0.2, 0) is 6.18 Å². The number of hydrogen-bond donors (Lipinski definition) is 0. The first-order chi connectivity index (χ1) is 9.00. The smallest absolute Gasteiger partial charge is 0.245 e. The van der Waals surface area contributed by atoms with E-state index >= 15 is 0 Å². The van der Waals surface area contributed by atoms with Crippen LogP contribution in [0.1, 0.15) is 11.1 Å². The summed E-state index contributed by atoms with van der Waals surface area (Å²) >= 11 is 1.08. The Kier molecular flexibility index (Phi) is 3.71. The second-order valence-electron chi connectivity index (χ2n) is 3.47. The highest BCUT2D eigenvalue weighted by atomic mass is 32.2. The minimum atomic E-state index is -4.55. The number of aromatic nitrogens is 2. The first-order valence-corrected chi connectivity index (χ1v) is 5.87. The maximum absolute atomic E-state index is 12.8. The molecular weight excluding hydrogens is 275 g/mol. The average Bonchev–Trinajstić information content (AvgIpc) is 2.39. The first kappa shape index (κ1) is 13.4. The second-order valence-corrected chi connectivity index (χ2v) is 4.56. The molecule has 2 rings (SSSR count). The molecule has 0 fully saturated rings. The summed E-state index contributed by atoms with van der Waals surface area (Å²) in [6.45, 7) is 0. The van der Waals surface area contributed by atoms with Crippen LogP contribution in [-0.4, -0.2) is 9.97 Å². The third-order valence-corrected chi connectivity index (χ3v) is 3.13. The SMILES string of the molecule is N#Cc1ccc(Sc2ccncn2)cc1C(F)(F)F. The Hall–Kier alpha value is -2.07. The number of nitriles is 1. The van der Waals surface area contributed by atoms with Crippen molar-refractivity contribution in [3.8, 4) is 6.07 Å². The van der Waals surface area contributed by atoms with E-state index in [0.717, 1.165) is 23.9 Å². The molecule has 1 heterocycles. The van der Waals surface area contributed by atoms with Crippen molar-refractivity contribution in [2.75, 3.05) is 0 Å². The normalized spacial score (nSPS) is 11.1. The summed E-state index contributed by atoms with van der Waals surface area (Å²) in [5.74, 6) is 0. The Morgan fingerprint density at radius 1 is 1.21 bits per heavy atom. The zero-order valence-corrected chi connectivity index (χ0v) is 10.2. The standard InChI is InChI=1S/C12H6F3N3S/c13-12(14,15)10-5-9(2-1-8(10)6-16)19-11-3-4-17-7-18-11/h1-5,7H. The lowest BCUT2D eigenvalue weighted by Gasteiger charge is -2.10. The number of alkyl halides is 3. The molecule has 0 unspecified atom stereocenters. The van der Waals surface area contributed by atoms with Crippen LogP contribution >= 0.6 is 11.8 Å². The molecule has 0 atom stereocenters. The van der Waals surface area contributed by atoms with Crippen LogP contribution in [0, 0.1) is 11.3 Å². The van der Waals surface area contributed by atoms with Gasteiger partial charge in [-0.1, -0.05) is 11.8 Å². The molecule has 0 aliphatic rings. The van der Waals surface area contributed by atoms with E-state index in [0.29, 0.717) is 9.92 Å². The van der Waals surface area contributed by atoms with E-state index in [-0.39, 0.29) is 5.56 Å². The Labute approximate surface area is 111 Å². The molecule has 7 heteroatoms. The van der Waals surface area contributed by atoms with Gasteiger partial charge in [0.2, 0.25) is 0 Å². The number of hydrogen-bond acceptors (Lipinski definition) is 4. The van der Waals surface area contributed by atoms with Gasteiger partial charge in [0.25, 0.3) is 0 Å². The average molecular weight is 281 g/mol. The molecule has 0 saturated heterocycles. The van der Waals surface area contributed by atoms with Gasteiger partial charge >= 0.3 is 6.18 Å². The van der Waals surface area contributed by atoms with Gasteiger partial charge < -0.3 is 0 Å². The molecule has 0 aliphatic heterocycles. The van der Waals surface area contributed by atoms with Crippen LogP contribution < -0.4 is 0 Å². The highest BCUT2D eigenvalue weighted by molar-refractivity contribution is 7.99. The van der Waals surface area contributed by atoms with Crippen molar-refractivity contribution in [3.63, 3.8) is 0 Å². The van der Waals surface area contributed by atoms with Crippen molar-refractivity contribution >= 4 is 11.8 Å². The fraction of sp³-hybridized carbons (Fsp3) is 0.0833. The second kappa shape index (κ2) is 5.28. The summed E-state index contributed by atoms with van der Waals surface area (Å²) in [5, 5.41) is 9.22. The number of benzene rings is 1. The van der Waals surface area contributed by atoms with Crippen molar-refractivity contribution in [1.82, 2.24) is 9.97 Å². The third-order valence-electron chi connectivity index (χ3n) is 2.19. The molecule has 2 aromatic rings. The van der Waals surface area contributed by atoms with Gasteiger partial charge in [0.1, 0.15) is 11.4 Å². The van der Waals surface area contributed by atoms with Gasteiger partial charge in [-0.15, -0.1) is 0 Å². The van der Waals surface area contributed by atoms with Crippen molar-refractivity contribution in [2.24, 2.45) is 0 Å². The molecule has 0 N–H and O–H groups in total. The summed E-state index contributed by atoms with van der Waals surface area (Å²) in [7, 11) is 0. The van der Waals surface area contributed by atoms with Crippen molar-refractivity contribution in [2.45, 2.75) is 16.1 Å². The molecular formula is C12H6F3N3S.